The summed E-state index contributed by atoms with van der Waals surface area (Å²) in [7, 11) is 0. The average Bonchev–Trinajstić information content (AvgIpc) is 2.90. The van der Waals surface area contributed by atoms with Crippen LogP contribution < -0.4 is 5.73 Å². The number of halogens is 2. The van der Waals surface area contributed by atoms with Gasteiger partial charge >= 0.3 is 0 Å². The van der Waals surface area contributed by atoms with Crippen LogP contribution in [0.3, 0.4) is 0 Å². The minimum absolute atomic E-state index is 0. The first kappa shape index (κ1) is 19.9. The molecule has 1 saturated heterocycles. The number of rotatable bonds is 5. The van der Waals surface area contributed by atoms with Gasteiger partial charge in [-0.25, -0.2) is 0 Å². The van der Waals surface area contributed by atoms with Gasteiger partial charge in [0.15, 0.2) is 0 Å². The molecule has 4 nitrogen and oxygen atoms in total. The van der Waals surface area contributed by atoms with Crippen molar-refractivity contribution in [2.75, 3.05) is 26.2 Å². The zero-order valence-electron chi connectivity index (χ0n) is 13.1. The van der Waals surface area contributed by atoms with E-state index in [2.05, 4.69) is 39.9 Å². The summed E-state index contributed by atoms with van der Waals surface area (Å²) in [4.78, 5) is 18.0. The Morgan fingerprint density at radius 3 is 2.50 bits per heavy atom. The normalized spacial score (nSPS) is 18.6. The third kappa shape index (κ3) is 5.20. The highest BCUT2D eigenvalue weighted by molar-refractivity contribution is 9.11. The number of piperazine rings is 1. The number of amides is 1. The van der Waals surface area contributed by atoms with Crippen LogP contribution in [0.4, 0.5) is 0 Å². The van der Waals surface area contributed by atoms with Crippen molar-refractivity contribution < 1.29 is 4.79 Å². The lowest BCUT2D eigenvalue weighted by molar-refractivity contribution is -0.135. The minimum atomic E-state index is -0.352. The van der Waals surface area contributed by atoms with Gasteiger partial charge in [0.05, 0.1) is 9.83 Å². The van der Waals surface area contributed by atoms with Gasteiger partial charge < -0.3 is 10.6 Å². The van der Waals surface area contributed by atoms with E-state index in [-0.39, 0.29) is 30.3 Å². The van der Waals surface area contributed by atoms with Crippen molar-refractivity contribution in [2.24, 2.45) is 11.7 Å². The molecule has 1 fully saturated rings. The second kappa shape index (κ2) is 9.23. The van der Waals surface area contributed by atoms with Gasteiger partial charge in [-0.15, -0.1) is 23.7 Å². The summed E-state index contributed by atoms with van der Waals surface area (Å²) in [6, 6.07) is 3.89. The van der Waals surface area contributed by atoms with Gasteiger partial charge in [-0.05, 0) is 34.0 Å². The van der Waals surface area contributed by atoms with Crippen molar-refractivity contribution in [3.63, 3.8) is 0 Å². The highest BCUT2D eigenvalue weighted by Gasteiger charge is 2.27. The standard InChI is InChI=1S/C15H24BrN3OS.ClH/c1-3-11(2)14(17)15(20)19-8-6-18(7-9-19)10-12-4-5-13(16)21-12;/h4-5,11,14H,3,6-10,17H2,1-2H3;1H. The molecule has 0 radical (unpaired) electrons. The lowest BCUT2D eigenvalue weighted by Crippen LogP contribution is -2.54. The summed E-state index contributed by atoms with van der Waals surface area (Å²) in [5, 5.41) is 0. The smallest absolute Gasteiger partial charge is 0.239 e. The van der Waals surface area contributed by atoms with Crippen LogP contribution >= 0.6 is 39.7 Å². The molecular weight excluding hydrogens is 386 g/mol. The van der Waals surface area contributed by atoms with Crippen LogP contribution in [0.25, 0.3) is 0 Å². The zero-order chi connectivity index (χ0) is 15.4. The lowest BCUT2D eigenvalue weighted by Gasteiger charge is -2.36. The van der Waals surface area contributed by atoms with Gasteiger partial charge in [-0.2, -0.15) is 0 Å². The Morgan fingerprint density at radius 1 is 1.36 bits per heavy atom. The molecule has 0 aromatic carbocycles. The van der Waals surface area contributed by atoms with Crippen molar-refractivity contribution in [3.8, 4) is 0 Å². The minimum Gasteiger partial charge on any atom is -0.339 e. The molecule has 1 aliphatic heterocycles. The molecule has 1 aromatic rings. The maximum atomic E-state index is 12.3. The van der Waals surface area contributed by atoms with Gasteiger partial charge in [-0.1, -0.05) is 20.3 Å². The quantitative estimate of drug-likeness (QED) is 0.812. The van der Waals surface area contributed by atoms with E-state index in [9.17, 15) is 4.79 Å². The fourth-order valence-electron chi connectivity index (χ4n) is 2.49. The number of hydrogen-bond acceptors (Lipinski definition) is 4. The van der Waals surface area contributed by atoms with Crippen molar-refractivity contribution in [3.05, 3.63) is 20.8 Å². The Balaban J connectivity index is 0.00000242. The Morgan fingerprint density at radius 2 is 2.00 bits per heavy atom. The molecule has 2 unspecified atom stereocenters. The van der Waals surface area contributed by atoms with Crippen molar-refractivity contribution in [1.29, 1.82) is 0 Å². The SMILES string of the molecule is CCC(C)C(N)C(=O)N1CCN(Cc2ccc(Br)s2)CC1.Cl. The highest BCUT2D eigenvalue weighted by Crippen LogP contribution is 2.23. The molecule has 22 heavy (non-hydrogen) atoms. The number of carbonyl (C=O) groups is 1. The van der Waals surface area contributed by atoms with Gasteiger partial charge in [0, 0.05) is 37.6 Å². The van der Waals surface area contributed by atoms with E-state index < -0.39 is 0 Å². The molecule has 2 rings (SSSR count). The molecule has 0 aliphatic carbocycles. The van der Waals surface area contributed by atoms with Crippen LogP contribution in [0.5, 0.6) is 0 Å². The zero-order valence-corrected chi connectivity index (χ0v) is 16.3. The number of nitrogens with zero attached hydrogens (tertiary/aromatic N) is 2. The topological polar surface area (TPSA) is 49.6 Å². The first-order valence-corrected chi connectivity index (χ1v) is 9.13. The van der Waals surface area contributed by atoms with Crippen molar-refractivity contribution in [2.45, 2.75) is 32.9 Å². The van der Waals surface area contributed by atoms with E-state index in [1.165, 1.54) is 8.66 Å². The Kier molecular flexibility index (Phi) is 8.35. The number of hydrogen-bond donors (Lipinski definition) is 1. The summed E-state index contributed by atoms with van der Waals surface area (Å²) < 4.78 is 1.17. The third-order valence-electron chi connectivity index (χ3n) is 4.23. The van der Waals surface area contributed by atoms with Gasteiger partial charge in [0.2, 0.25) is 5.91 Å². The molecule has 7 heteroatoms. The Hall–Kier alpha value is -0.140. The van der Waals surface area contributed by atoms with Crippen LogP contribution in [0.1, 0.15) is 25.1 Å². The molecule has 1 amide bonds. The molecular formula is C15H25BrClN3OS. The molecule has 1 aliphatic rings. The summed E-state index contributed by atoms with van der Waals surface area (Å²) in [5.41, 5.74) is 6.05. The summed E-state index contributed by atoms with van der Waals surface area (Å²) in [5.74, 6) is 0.363. The fraction of sp³-hybridized carbons (Fsp3) is 0.667. The van der Waals surface area contributed by atoms with Crippen molar-refractivity contribution >= 4 is 45.6 Å². The van der Waals surface area contributed by atoms with Crippen LogP contribution in [-0.2, 0) is 11.3 Å². The molecule has 2 heterocycles. The van der Waals surface area contributed by atoms with E-state index in [0.717, 1.165) is 39.1 Å². The van der Waals surface area contributed by atoms with E-state index in [0.29, 0.717) is 0 Å². The maximum Gasteiger partial charge on any atom is 0.239 e. The second-order valence-electron chi connectivity index (χ2n) is 5.72. The fourth-order valence-corrected chi connectivity index (χ4v) is 4.02. The van der Waals surface area contributed by atoms with Crippen LogP contribution in [0.15, 0.2) is 15.9 Å². The van der Waals surface area contributed by atoms with Crippen LogP contribution in [0, 0.1) is 5.92 Å². The maximum absolute atomic E-state index is 12.3. The summed E-state index contributed by atoms with van der Waals surface area (Å²) in [6.07, 6.45) is 0.945. The third-order valence-corrected chi connectivity index (χ3v) is 5.84. The molecule has 0 bridgehead atoms. The summed E-state index contributed by atoms with van der Waals surface area (Å²) >= 11 is 5.27. The lowest BCUT2D eigenvalue weighted by atomic mass is 9.98. The van der Waals surface area contributed by atoms with E-state index in [1.54, 1.807) is 11.3 Å². The monoisotopic (exact) mass is 409 g/mol. The van der Waals surface area contributed by atoms with Gasteiger partial charge in [0.1, 0.15) is 0 Å². The Bertz CT molecular complexity index is 477. The Labute approximate surface area is 151 Å². The second-order valence-corrected chi connectivity index (χ2v) is 8.27. The van der Waals surface area contributed by atoms with E-state index in [4.69, 9.17) is 5.73 Å². The molecule has 2 N–H and O–H groups in total. The number of nitrogens with two attached hydrogens (primary N) is 1. The first-order chi connectivity index (χ1) is 10.0. The first-order valence-electron chi connectivity index (χ1n) is 7.52. The van der Waals surface area contributed by atoms with Crippen LogP contribution in [0.2, 0.25) is 0 Å². The number of carbonyl (C=O) groups excluding carboxylic acids is 1. The van der Waals surface area contributed by atoms with E-state index in [1.807, 2.05) is 11.8 Å². The molecule has 0 spiro atoms. The van der Waals surface area contributed by atoms with Gasteiger partial charge in [0.25, 0.3) is 0 Å². The van der Waals surface area contributed by atoms with Crippen LogP contribution in [-0.4, -0.2) is 47.9 Å². The van der Waals surface area contributed by atoms with E-state index >= 15 is 0 Å². The molecule has 1 aromatic heterocycles. The van der Waals surface area contributed by atoms with Crippen molar-refractivity contribution in [1.82, 2.24) is 9.80 Å². The predicted octanol–water partition coefficient (Wildman–Crippen LogP) is 2.95. The molecule has 126 valence electrons. The largest absolute Gasteiger partial charge is 0.339 e. The van der Waals surface area contributed by atoms with Gasteiger partial charge in [-0.3, -0.25) is 9.69 Å². The number of thiophene rings is 1. The molecule has 0 saturated carbocycles. The highest BCUT2D eigenvalue weighted by atomic mass is 79.9. The predicted molar refractivity (Wildman–Crippen MR) is 98.6 cm³/mol. The average molecular weight is 411 g/mol. The summed E-state index contributed by atoms with van der Waals surface area (Å²) in [6.45, 7) is 8.52. The molecule has 2 atom stereocenters.